The van der Waals surface area contributed by atoms with Gasteiger partial charge in [0, 0.05) is 56.2 Å². The number of halogens is 1. The van der Waals surface area contributed by atoms with E-state index in [4.69, 9.17) is 26.1 Å². The monoisotopic (exact) mass is 938 g/mol. The highest BCUT2D eigenvalue weighted by Crippen LogP contribution is 2.42. The van der Waals surface area contributed by atoms with Gasteiger partial charge in [-0.05, 0) is 124 Å². The highest BCUT2D eigenvalue weighted by Gasteiger charge is 2.45. The van der Waals surface area contributed by atoms with E-state index in [-0.39, 0.29) is 62.0 Å². The summed E-state index contributed by atoms with van der Waals surface area (Å²) >= 11 is 6.63. The van der Waals surface area contributed by atoms with Gasteiger partial charge in [-0.3, -0.25) is 24.1 Å². The molecule has 0 spiro atoms. The van der Waals surface area contributed by atoms with E-state index < -0.39 is 23.4 Å². The molecule has 68 heavy (non-hydrogen) atoms. The number of likely N-dealkylation sites (tertiary alicyclic amines) is 1. The van der Waals surface area contributed by atoms with Crippen LogP contribution < -0.4 is 10.1 Å². The van der Waals surface area contributed by atoms with Crippen LogP contribution in [0.15, 0.2) is 103 Å². The molecule has 1 aromatic heterocycles. The summed E-state index contributed by atoms with van der Waals surface area (Å²) in [5.74, 6) is -0.714. The number of aromatic nitrogens is 2. The van der Waals surface area contributed by atoms with Gasteiger partial charge < -0.3 is 29.2 Å². The number of ketones is 1. The summed E-state index contributed by atoms with van der Waals surface area (Å²) in [6.07, 6.45) is 7.50. The minimum absolute atomic E-state index is 0.00164. The summed E-state index contributed by atoms with van der Waals surface area (Å²) in [5.41, 5.74) is 5.16. The lowest BCUT2D eigenvalue weighted by molar-refractivity contribution is -0.148. The number of carbonyl (C=O) groups is 4. The summed E-state index contributed by atoms with van der Waals surface area (Å²) in [6, 6.07) is 30.3. The molecule has 0 saturated carbocycles. The molecular formula is C55H63ClN6O6. The highest BCUT2D eigenvalue weighted by atomic mass is 35.5. The molecule has 1 aliphatic carbocycles. The summed E-state index contributed by atoms with van der Waals surface area (Å²) < 4.78 is 14.3. The number of Topliss-reactive ketones (excluding diaryl/α,β-unsaturated/α-hetero) is 1. The summed E-state index contributed by atoms with van der Waals surface area (Å²) in [7, 11) is 3.57. The SMILES string of the molecule is COC[C@@H]1CC(=O)[C@H](C)N(Cc2ccc(Cl)cc2Oc2ccc(-c3cnc(CN4CCCC4)n3C)cc2)C(=O)C[C@@H]([C@H]2CCc3ccccc32)C(=O)N2CCC[C@@](Cc3ccccc3)(C2)NC1=O. The van der Waals surface area contributed by atoms with Gasteiger partial charge >= 0.3 is 0 Å². The number of hydrogen-bond acceptors (Lipinski definition) is 8. The number of imidazole rings is 1. The van der Waals surface area contributed by atoms with Crippen LogP contribution in [0.25, 0.3) is 11.3 Å². The molecule has 5 atom stereocenters. The van der Waals surface area contributed by atoms with Crippen molar-refractivity contribution in [1.29, 1.82) is 0 Å². The summed E-state index contributed by atoms with van der Waals surface area (Å²) in [5, 5.41) is 3.85. The Labute approximate surface area is 404 Å². The number of nitrogens with one attached hydrogen (secondary N) is 1. The molecule has 1 N–H and O–H groups in total. The number of methoxy groups -OCH3 is 1. The largest absolute Gasteiger partial charge is 0.457 e. The van der Waals surface area contributed by atoms with Gasteiger partial charge in [-0.2, -0.15) is 0 Å². The summed E-state index contributed by atoms with van der Waals surface area (Å²) in [6.45, 7) is 5.54. The molecule has 5 aromatic rings. The Bertz CT molecular complexity index is 2610. The van der Waals surface area contributed by atoms with Crippen LogP contribution in [-0.4, -0.2) is 99.2 Å². The number of fused-ring (bicyclic) bond motifs is 3. The number of nitrogens with zero attached hydrogens (tertiary/aromatic N) is 5. The van der Waals surface area contributed by atoms with E-state index >= 15 is 9.59 Å². The van der Waals surface area contributed by atoms with Crippen LogP contribution >= 0.6 is 11.6 Å². The van der Waals surface area contributed by atoms with Crippen molar-refractivity contribution in [2.45, 2.75) is 95.3 Å². The van der Waals surface area contributed by atoms with Gasteiger partial charge in [-0.25, -0.2) is 4.98 Å². The van der Waals surface area contributed by atoms with E-state index in [9.17, 15) is 9.59 Å². The first-order chi connectivity index (χ1) is 33.0. The normalized spacial score (nSPS) is 23.9. The van der Waals surface area contributed by atoms with E-state index in [0.29, 0.717) is 47.9 Å². The molecule has 356 valence electrons. The Morgan fingerprint density at radius 2 is 1.62 bits per heavy atom. The van der Waals surface area contributed by atoms with Crippen LogP contribution in [-0.2, 0) is 56.9 Å². The van der Waals surface area contributed by atoms with Gasteiger partial charge in [0.05, 0.1) is 55.0 Å². The fourth-order valence-corrected chi connectivity index (χ4v) is 11.3. The maximum absolute atomic E-state index is 15.3. The highest BCUT2D eigenvalue weighted by molar-refractivity contribution is 6.30. The van der Waals surface area contributed by atoms with E-state index in [2.05, 4.69) is 26.9 Å². The van der Waals surface area contributed by atoms with Gasteiger partial charge in [0.15, 0.2) is 5.78 Å². The maximum atomic E-state index is 15.3. The number of aryl methyl sites for hydroxylation is 1. The third-order valence-electron chi connectivity index (χ3n) is 14.9. The number of rotatable bonds is 12. The third kappa shape index (κ3) is 10.4. The van der Waals surface area contributed by atoms with Crippen LogP contribution in [0.4, 0.5) is 0 Å². The number of benzene rings is 4. The second-order valence-electron chi connectivity index (χ2n) is 19.5. The number of carbonyl (C=O) groups excluding carboxylic acids is 4. The zero-order chi connectivity index (χ0) is 47.4. The van der Waals surface area contributed by atoms with Crippen molar-refractivity contribution in [3.05, 3.63) is 136 Å². The predicted molar refractivity (Wildman–Crippen MR) is 262 cm³/mol. The van der Waals surface area contributed by atoms with Crippen molar-refractivity contribution in [1.82, 2.24) is 29.6 Å². The molecule has 3 amide bonds. The first-order valence-corrected chi connectivity index (χ1v) is 24.7. The lowest BCUT2D eigenvalue weighted by Crippen LogP contribution is -2.63. The standard InChI is InChI=1S/C55H63ClN6O6/c1-37-49(63)28-42(35-67-3)53(65)58-55(31-38-12-5-4-6-13-38)24-11-27-61(36-55)54(66)47(46-23-19-39-14-7-8-15-45(39)46)30-52(64)62(37)33-41-16-20-43(56)29-50(41)68-44-21-17-40(18-22-44)48-32-57-51(59(48)2)34-60-25-9-10-26-60/h4-8,12-18,20-22,29,32,37,42,46-47H,9-11,19,23-28,30-31,33-36H2,1-3H3,(H,58,65)/t37-,42-,46-,47-,55+/m0/s1. The molecule has 12 nitrogen and oxygen atoms in total. The van der Waals surface area contributed by atoms with E-state index in [1.165, 1.54) is 25.5 Å². The molecule has 3 fully saturated rings. The Kier molecular flexibility index (Phi) is 14.5. The van der Waals surface area contributed by atoms with Gasteiger partial charge in [0.2, 0.25) is 17.7 Å². The first kappa shape index (κ1) is 47.3. The van der Waals surface area contributed by atoms with Gasteiger partial charge in [0.25, 0.3) is 0 Å². The number of ether oxygens (including phenoxy) is 2. The Morgan fingerprint density at radius 1 is 0.853 bits per heavy atom. The lowest BCUT2D eigenvalue weighted by Gasteiger charge is -2.46. The van der Waals surface area contributed by atoms with Crippen LogP contribution in [0.5, 0.6) is 11.5 Å². The predicted octanol–water partition coefficient (Wildman–Crippen LogP) is 8.54. The van der Waals surface area contributed by atoms with Gasteiger partial charge in [-0.1, -0.05) is 72.3 Å². The smallest absolute Gasteiger partial charge is 0.226 e. The van der Waals surface area contributed by atoms with Crippen molar-refractivity contribution in [2.24, 2.45) is 18.9 Å². The Morgan fingerprint density at radius 3 is 2.40 bits per heavy atom. The minimum atomic E-state index is -0.959. The molecule has 3 saturated heterocycles. The maximum Gasteiger partial charge on any atom is 0.226 e. The molecule has 4 aliphatic rings. The van der Waals surface area contributed by atoms with Crippen LogP contribution in [0.1, 0.15) is 85.9 Å². The van der Waals surface area contributed by atoms with Crippen LogP contribution in [0.2, 0.25) is 5.02 Å². The molecular weight excluding hydrogens is 876 g/mol. The number of amides is 3. The van der Waals surface area contributed by atoms with E-state index in [1.807, 2.05) is 90.9 Å². The van der Waals surface area contributed by atoms with Crippen molar-refractivity contribution in [3.63, 3.8) is 0 Å². The van der Waals surface area contributed by atoms with Gasteiger partial charge in [0.1, 0.15) is 17.3 Å². The van der Waals surface area contributed by atoms with E-state index in [0.717, 1.165) is 60.7 Å². The van der Waals surface area contributed by atoms with E-state index in [1.54, 1.807) is 24.0 Å². The molecule has 3 aliphatic heterocycles. The van der Waals surface area contributed by atoms with Crippen molar-refractivity contribution in [2.75, 3.05) is 39.9 Å². The number of piperidine rings is 1. The molecule has 2 bridgehead atoms. The van der Waals surface area contributed by atoms with Crippen LogP contribution in [0.3, 0.4) is 0 Å². The summed E-state index contributed by atoms with van der Waals surface area (Å²) in [4.78, 5) is 70.4. The quantitative estimate of drug-likeness (QED) is 0.132. The second-order valence-corrected chi connectivity index (χ2v) is 19.9. The molecule has 9 rings (SSSR count). The molecule has 0 unspecified atom stereocenters. The Balaban J connectivity index is 1.03. The minimum Gasteiger partial charge on any atom is -0.457 e. The molecule has 4 aromatic carbocycles. The van der Waals surface area contributed by atoms with Crippen molar-refractivity contribution < 1.29 is 28.7 Å². The van der Waals surface area contributed by atoms with Crippen LogP contribution in [0, 0.1) is 11.8 Å². The van der Waals surface area contributed by atoms with Gasteiger partial charge in [-0.15, -0.1) is 0 Å². The molecule has 0 radical (unpaired) electrons. The lowest BCUT2D eigenvalue weighted by atomic mass is 9.79. The van der Waals surface area contributed by atoms with Crippen molar-refractivity contribution >= 4 is 35.1 Å². The topological polar surface area (TPSA) is 126 Å². The van der Waals surface area contributed by atoms with Crippen molar-refractivity contribution in [3.8, 4) is 22.8 Å². The zero-order valence-corrected chi connectivity index (χ0v) is 40.3. The third-order valence-corrected chi connectivity index (χ3v) is 15.1. The average molecular weight is 940 g/mol. The Hall–Kier alpha value is -5.82. The second kappa shape index (κ2) is 20.8. The average Bonchev–Trinajstić information content (AvgIpc) is 4.11. The fourth-order valence-electron chi connectivity index (χ4n) is 11.1. The first-order valence-electron chi connectivity index (χ1n) is 24.3. The fraction of sp³-hybridized carbons (Fsp3) is 0.436. The molecule has 4 heterocycles. The molecule has 13 heteroatoms. The number of hydrogen-bond donors (Lipinski definition) is 1. The zero-order valence-electron chi connectivity index (χ0n) is 39.5.